The van der Waals surface area contributed by atoms with Crippen LogP contribution in [0.4, 0.5) is 0 Å². The second-order valence-corrected chi connectivity index (χ2v) is 5.95. The Bertz CT molecular complexity index is 317. The van der Waals surface area contributed by atoms with E-state index in [1.165, 1.54) is 38.5 Å². The molecule has 1 amide bonds. The van der Waals surface area contributed by atoms with Crippen LogP contribution >= 0.6 is 0 Å². The molecule has 0 spiro atoms. The van der Waals surface area contributed by atoms with Crippen LogP contribution in [0, 0.1) is 0 Å². The monoisotopic (exact) mass is 352 g/mol. The van der Waals surface area contributed by atoms with E-state index in [1.54, 1.807) is 4.90 Å². The van der Waals surface area contributed by atoms with Gasteiger partial charge in [0.25, 0.3) is 0 Å². The maximum atomic E-state index is 11.7. The molecule has 2 N–H and O–H groups in total. The summed E-state index contributed by atoms with van der Waals surface area (Å²) in [7, 11) is 0. The Balaban J connectivity index is 0. The molecule has 0 heterocycles. The number of carboxylic acid groups (broad SMARTS) is 1. The fourth-order valence-corrected chi connectivity index (χ4v) is 2.46. The van der Waals surface area contributed by atoms with Crippen molar-refractivity contribution < 1.29 is 49.4 Å². The van der Waals surface area contributed by atoms with E-state index in [4.69, 9.17) is 5.11 Å². The Labute approximate surface area is 168 Å². The summed E-state index contributed by atoms with van der Waals surface area (Å²) in [6, 6.07) is 0. The van der Waals surface area contributed by atoms with Crippen molar-refractivity contribution in [1.29, 1.82) is 0 Å². The number of carboxylic acids is 1. The normalized spacial score (nSPS) is 10.5. The van der Waals surface area contributed by atoms with Crippen molar-refractivity contribution in [3.8, 4) is 0 Å². The van der Waals surface area contributed by atoms with Crippen LogP contribution in [0.2, 0.25) is 0 Å². The fourth-order valence-electron chi connectivity index (χ4n) is 2.46. The number of amides is 1. The molecule has 0 saturated heterocycles. The minimum Gasteiger partial charge on any atom is -0.549 e. The van der Waals surface area contributed by atoms with E-state index in [9.17, 15) is 14.7 Å². The summed E-state index contributed by atoms with van der Waals surface area (Å²) in [6.45, 7) is 2.93. The topological polar surface area (TPSA) is 92.7 Å². The van der Waals surface area contributed by atoms with Gasteiger partial charge in [0.15, 0.2) is 0 Å². The van der Waals surface area contributed by atoms with Crippen LogP contribution in [0.15, 0.2) is 0 Å². The Kier molecular flexibility index (Phi) is 20.9. The number of nitrogens with zero attached hydrogens (tertiary/aromatic N) is 1. The largest absolute Gasteiger partial charge is 1.00 e. The quantitative estimate of drug-likeness (QED) is 0.240. The van der Waals surface area contributed by atoms with Crippen molar-refractivity contribution in [3.63, 3.8) is 0 Å². The summed E-state index contributed by atoms with van der Waals surface area (Å²) >= 11 is 0. The molecule has 0 aromatic heterocycles. The number of unbranched alkanes of at least 4 members (excludes halogenated alkanes) is 7. The number of aliphatic hydroxyl groups is 1. The average molecular weight is 352 g/mol. The van der Waals surface area contributed by atoms with E-state index in [0.29, 0.717) is 19.5 Å². The molecule has 0 fully saturated rings. The molecule has 24 heavy (non-hydrogen) atoms. The van der Waals surface area contributed by atoms with Crippen LogP contribution in [-0.4, -0.2) is 54.7 Å². The summed E-state index contributed by atoms with van der Waals surface area (Å²) in [5, 5.41) is 22.2. The van der Waals surface area contributed by atoms with Gasteiger partial charge in [-0.15, -0.1) is 0 Å². The van der Waals surface area contributed by atoms with Crippen molar-refractivity contribution in [2.24, 2.45) is 0 Å². The van der Waals surface area contributed by atoms with Gasteiger partial charge in [-0.2, -0.15) is 0 Å². The first-order valence-corrected chi connectivity index (χ1v) is 8.90. The van der Waals surface area contributed by atoms with Crippen LogP contribution in [0.1, 0.15) is 64.7 Å². The van der Waals surface area contributed by atoms with Gasteiger partial charge in [0.2, 0.25) is 5.91 Å². The Morgan fingerprint density at radius 2 is 1.58 bits per heavy atom. The number of carbonyl (C=O) groups excluding carboxylic acids is 2. The second-order valence-electron chi connectivity index (χ2n) is 5.95. The number of aliphatic carboxylic acids is 1. The maximum absolute atomic E-state index is 11.7. The van der Waals surface area contributed by atoms with Crippen molar-refractivity contribution in [2.75, 3.05) is 32.8 Å². The molecule has 0 rings (SSSR count). The van der Waals surface area contributed by atoms with Crippen LogP contribution in [0.25, 0.3) is 0 Å². The van der Waals surface area contributed by atoms with Crippen molar-refractivity contribution in [2.45, 2.75) is 64.7 Å². The number of hydrogen-bond acceptors (Lipinski definition) is 5. The summed E-state index contributed by atoms with van der Waals surface area (Å²) in [5.74, 6) is -1.17. The average Bonchev–Trinajstić information content (AvgIpc) is 2.49. The Morgan fingerprint density at radius 1 is 1.00 bits per heavy atom. The van der Waals surface area contributed by atoms with Crippen molar-refractivity contribution in [3.05, 3.63) is 0 Å². The smallest absolute Gasteiger partial charge is 0.549 e. The van der Waals surface area contributed by atoms with Gasteiger partial charge in [0.1, 0.15) is 0 Å². The molecular formula is C17H33N2NaO4. The van der Waals surface area contributed by atoms with Gasteiger partial charge in [0, 0.05) is 32.6 Å². The van der Waals surface area contributed by atoms with E-state index >= 15 is 0 Å². The summed E-state index contributed by atoms with van der Waals surface area (Å²) in [6.07, 6.45) is 10.1. The predicted octanol–water partition coefficient (Wildman–Crippen LogP) is -2.32. The Morgan fingerprint density at radius 3 is 2.12 bits per heavy atom. The van der Waals surface area contributed by atoms with Crippen molar-refractivity contribution >= 4 is 11.9 Å². The maximum Gasteiger partial charge on any atom is 1.00 e. The third kappa shape index (κ3) is 18.2. The SMILES string of the molecule is CCCCCCCCCCC(=O)NCCN(CCO)CC(=O)[O-].[Na+]. The Hall–Kier alpha value is -0.140. The number of aliphatic hydroxyl groups excluding tert-OH is 1. The van der Waals surface area contributed by atoms with E-state index < -0.39 is 5.97 Å². The zero-order valence-corrected chi connectivity index (χ0v) is 17.5. The van der Waals surface area contributed by atoms with E-state index in [-0.39, 0.29) is 55.2 Å². The van der Waals surface area contributed by atoms with Gasteiger partial charge in [-0.1, -0.05) is 51.9 Å². The molecule has 7 heteroatoms. The van der Waals surface area contributed by atoms with Gasteiger partial charge in [-0.3, -0.25) is 9.69 Å². The number of rotatable bonds is 16. The standard InChI is InChI=1S/C17H34N2O4.Na/c1-2-3-4-5-6-7-8-9-10-16(21)18-11-12-19(13-14-20)15-17(22)23;/h20H,2-15H2,1H3,(H,18,21)(H,22,23);/q;+1/p-1. The van der Waals surface area contributed by atoms with Gasteiger partial charge >= 0.3 is 29.6 Å². The number of nitrogens with one attached hydrogen (secondary N) is 1. The molecule has 0 aliphatic carbocycles. The van der Waals surface area contributed by atoms with Crippen LogP contribution in [0.5, 0.6) is 0 Å². The predicted molar refractivity (Wildman–Crippen MR) is 88.8 cm³/mol. The molecule has 0 unspecified atom stereocenters. The van der Waals surface area contributed by atoms with Gasteiger partial charge in [0.05, 0.1) is 12.6 Å². The van der Waals surface area contributed by atoms with Crippen molar-refractivity contribution in [1.82, 2.24) is 10.2 Å². The molecule has 0 aromatic rings. The molecule has 0 aromatic carbocycles. The van der Waals surface area contributed by atoms with Crippen LogP contribution < -0.4 is 40.0 Å². The zero-order valence-electron chi connectivity index (χ0n) is 15.5. The molecule has 6 nitrogen and oxygen atoms in total. The first kappa shape index (κ1) is 26.1. The van der Waals surface area contributed by atoms with E-state index in [1.807, 2.05) is 0 Å². The molecule has 0 saturated carbocycles. The van der Waals surface area contributed by atoms with E-state index in [0.717, 1.165) is 12.8 Å². The molecule has 0 bridgehead atoms. The van der Waals surface area contributed by atoms with Gasteiger partial charge in [-0.05, 0) is 6.42 Å². The van der Waals surface area contributed by atoms with Gasteiger partial charge < -0.3 is 20.3 Å². The minimum absolute atomic E-state index is 0. The summed E-state index contributed by atoms with van der Waals surface area (Å²) in [5.41, 5.74) is 0. The fraction of sp³-hybridized carbons (Fsp3) is 0.882. The summed E-state index contributed by atoms with van der Waals surface area (Å²) < 4.78 is 0. The third-order valence-corrected chi connectivity index (χ3v) is 3.78. The first-order valence-electron chi connectivity index (χ1n) is 8.90. The molecule has 136 valence electrons. The van der Waals surface area contributed by atoms with Crippen LogP contribution in [-0.2, 0) is 9.59 Å². The minimum atomic E-state index is -1.18. The zero-order chi connectivity index (χ0) is 17.3. The number of hydrogen-bond donors (Lipinski definition) is 2. The summed E-state index contributed by atoms with van der Waals surface area (Å²) in [4.78, 5) is 23.8. The van der Waals surface area contributed by atoms with Gasteiger partial charge in [-0.25, -0.2) is 0 Å². The third-order valence-electron chi connectivity index (χ3n) is 3.78. The second kappa shape index (κ2) is 19.2. The molecular weight excluding hydrogens is 319 g/mol. The molecule has 0 aliphatic heterocycles. The van der Waals surface area contributed by atoms with E-state index in [2.05, 4.69) is 12.2 Å². The molecule has 0 aliphatic rings. The molecule has 0 atom stereocenters. The van der Waals surface area contributed by atoms with Crippen LogP contribution in [0.3, 0.4) is 0 Å². The molecule has 0 radical (unpaired) electrons. The number of carbonyl (C=O) groups is 2. The first-order chi connectivity index (χ1) is 11.1.